The molecule has 3 heterocycles. The van der Waals surface area contributed by atoms with Gasteiger partial charge >= 0.3 is 0 Å². The first-order valence-corrected chi connectivity index (χ1v) is 44.9. The Morgan fingerprint density at radius 2 is 0.594 bits per heavy atom. The van der Waals surface area contributed by atoms with Gasteiger partial charge in [0.25, 0.3) is 0 Å². The van der Waals surface area contributed by atoms with E-state index >= 15 is 0 Å². The molecule has 0 aliphatic carbocycles. The molecule has 106 heavy (non-hydrogen) atoms. The molecule has 3 fully saturated rings. The van der Waals surface area contributed by atoms with E-state index in [0.717, 1.165) is 44.9 Å². The van der Waals surface area contributed by atoms with Gasteiger partial charge in [0, 0.05) is 6.42 Å². The lowest BCUT2D eigenvalue weighted by Gasteiger charge is -2.48. The van der Waals surface area contributed by atoms with Gasteiger partial charge in [0.1, 0.15) is 73.2 Å². The number of allylic oxidation sites excluding steroid dienone is 2. The van der Waals surface area contributed by atoms with Crippen molar-refractivity contribution < 1.29 is 89.4 Å². The molecule has 17 atom stereocenters. The smallest absolute Gasteiger partial charge is 0.220 e. The number of unbranched alkanes of at least 4 members (excludes halogenated alkanes) is 56. The zero-order valence-electron chi connectivity index (χ0n) is 67.7. The van der Waals surface area contributed by atoms with Crippen LogP contribution in [0.1, 0.15) is 406 Å². The standard InChI is InChI=1S/C87H167NO18/c1-3-5-7-9-11-13-15-17-19-21-23-25-27-29-30-31-32-33-34-35-36-37-38-39-40-41-43-45-47-49-51-53-55-57-59-61-63-65-75(93)88-70(71(92)64-62-60-58-56-54-52-50-48-46-44-42-28-26-24-22-20-18-16-14-12-10-8-6-4-2)69-101-85-81(99)78(96)83(73(67-90)103-85)106-87-82(100)79(97)84(74(68-91)104-87)105-86-80(98)77(95)76(94)72(66-89)102-86/h21,23,70-74,76-87,89-92,94-100H,3-20,22,24-69H2,1-2H3,(H,88,93)/b23-21-. The lowest BCUT2D eigenvalue weighted by Crippen LogP contribution is -2.66. The van der Waals surface area contributed by atoms with Gasteiger partial charge in [-0.2, -0.15) is 0 Å². The van der Waals surface area contributed by atoms with Crippen LogP contribution in [0, 0.1) is 0 Å². The molecular formula is C87H167NO18. The molecule has 0 aromatic rings. The van der Waals surface area contributed by atoms with Crippen molar-refractivity contribution >= 4 is 5.91 Å². The number of hydrogen-bond acceptors (Lipinski definition) is 18. The quantitative estimate of drug-likeness (QED) is 0.0199. The molecule has 3 rings (SSSR count). The lowest BCUT2D eigenvalue weighted by atomic mass is 9.96. The topological polar surface area (TPSA) is 307 Å². The van der Waals surface area contributed by atoms with E-state index in [-0.39, 0.29) is 18.9 Å². The summed E-state index contributed by atoms with van der Waals surface area (Å²) in [5, 5.41) is 121. The molecule has 1 amide bonds. The Morgan fingerprint density at radius 1 is 0.330 bits per heavy atom. The third-order valence-electron chi connectivity index (χ3n) is 22.8. The Kier molecular flexibility index (Phi) is 63.3. The predicted molar refractivity (Wildman–Crippen MR) is 425 cm³/mol. The second-order valence-corrected chi connectivity index (χ2v) is 32.4. The van der Waals surface area contributed by atoms with Crippen molar-refractivity contribution in [3.63, 3.8) is 0 Å². The van der Waals surface area contributed by atoms with Crippen LogP contribution in [-0.4, -0.2) is 193 Å². The number of aliphatic hydroxyl groups excluding tert-OH is 11. The van der Waals surface area contributed by atoms with Gasteiger partial charge in [0.05, 0.1) is 38.6 Å². The Balaban J connectivity index is 1.30. The van der Waals surface area contributed by atoms with E-state index in [1.54, 1.807) is 0 Å². The summed E-state index contributed by atoms with van der Waals surface area (Å²) in [6.45, 7) is 1.88. The van der Waals surface area contributed by atoms with Crippen molar-refractivity contribution in [2.75, 3.05) is 26.4 Å². The zero-order valence-corrected chi connectivity index (χ0v) is 67.7. The van der Waals surface area contributed by atoms with Gasteiger partial charge in [-0.1, -0.05) is 373 Å². The van der Waals surface area contributed by atoms with Crippen molar-refractivity contribution in [2.24, 2.45) is 0 Å². The third kappa shape index (κ3) is 46.6. The van der Waals surface area contributed by atoms with E-state index in [4.69, 9.17) is 28.4 Å². The van der Waals surface area contributed by atoms with Crippen LogP contribution in [-0.2, 0) is 33.2 Å². The maximum atomic E-state index is 13.5. The number of aliphatic hydroxyl groups is 11. The zero-order chi connectivity index (χ0) is 76.7. The normalized spacial score (nSPS) is 25.6. The van der Waals surface area contributed by atoms with E-state index in [0.29, 0.717) is 12.8 Å². The number of nitrogens with one attached hydrogen (secondary N) is 1. The molecule has 3 saturated heterocycles. The minimum atomic E-state index is -1.97. The van der Waals surface area contributed by atoms with Gasteiger partial charge < -0.3 is 89.9 Å². The molecule has 0 spiro atoms. The molecule has 3 aliphatic heterocycles. The average molecular weight is 1520 g/mol. The molecule has 0 bridgehead atoms. The monoisotopic (exact) mass is 1510 g/mol. The first kappa shape index (κ1) is 98.7. The summed E-state index contributed by atoms with van der Waals surface area (Å²) < 4.78 is 34.6. The number of carbonyl (C=O) groups excluding carboxylic acids is 1. The predicted octanol–water partition coefficient (Wildman–Crippen LogP) is 16.7. The van der Waals surface area contributed by atoms with Gasteiger partial charge in [-0.05, 0) is 38.5 Å². The summed E-state index contributed by atoms with van der Waals surface area (Å²) in [5.74, 6) is -0.232. The van der Waals surface area contributed by atoms with Crippen LogP contribution in [0.3, 0.4) is 0 Å². The average Bonchev–Trinajstić information content (AvgIpc) is 0.780. The van der Waals surface area contributed by atoms with Gasteiger partial charge in [0.15, 0.2) is 18.9 Å². The lowest BCUT2D eigenvalue weighted by molar-refractivity contribution is -0.379. The Labute approximate surface area is 646 Å². The van der Waals surface area contributed by atoms with Crippen LogP contribution in [0.4, 0.5) is 0 Å². The molecule has 19 heteroatoms. The van der Waals surface area contributed by atoms with Crippen LogP contribution in [0.5, 0.6) is 0 Å². The number of carbonyl (C=O) groups is 1. The molecule has 17 unspecified atom stereocenters. The van der Waals surface area contributed by atoms with Crippen LogP contribution in [0.2, 0.25) is 0 Å². The Hall–Kier alpha value is -1.47. The van der Waals surface area contributed by atoms with Crippen molar-refractivity contribution in [1.29, 1.82) is 0 Å². The largest absolute Gasteiger partial charge is 0.394 e. The molecular weight excluding hydrogens is 1350 g/mol. The van der Waals surface area contributed by atoms with Crippen LogP contribution in [0.25, 0.3) is 0 Å². The summed E-state index contributed by atoms with van der Waals surface area (Å²) >= 11 is 0. The fraction of sp³-hybridized carbons (Fsp3) is 0.966. The van der Waals surface area contributed by atoms with Crippen LogP contribution < -0.4 is 5.32 Å². The maximum absolute atomic E-state index is 13.5. The van der Waals surface area contributed by atoms with Crippen LogP contribution in [0.15, 0.2) is 12.2 Å². The van der Waals surface area contributed by atoms with Gasteiger partial charge in [-0.3, -0.25) is 4.79 Å². The first-order valence-electron chi connectivity index (χ1n) is 44.9. The second-order valence-electron chi connectivity index (χ2n) is 32.4. The van der Waals surface area contributed by atoms with E-state index in [1.807, 2.05) is 0 Å². The van der Waals surface area contributed by atoms with E-state index in [9.17, 15) is 61.0 Å². The summed E-state index contributed by atoms with van der Waals surface area (Å²) in [6, 6.07) is -0.885. The van der Waals surface area contributed by atoms with E-state index in [2.05, 4.69) is 31.3 Å². The molecule has 0 radical (unpaired) electrons. The fourth-order valence-electron chi connectivity index (χ4n) is 15.7. The number of ether oxygens (including phenoxy) is 6. The molecule has 0 aromatic carbocycles. The number of rotatable bonds is 74. The summed E-state index contributed by atoms with van der Waals surface area (Å²) in [5.41, 5.74) is 0. The highest BCUT2D eigenvalue weighted by atomic mass is 16.8. The van der Waals surface area contributed by atoms with Gasteiger partial charge in [-0.25, -0.2) is 0 Å². The van der Waals surface area contributed by atoms with E-state index < -0.39 is 124 Å². The van der Waals surface area contributed by atoms with Crippen LogP contribution >= 0.6 is 0 Å². The summed E-state index contributed by atoms with van der Waals surface area (Å²) in [6.07, 6.45) is 56.2. The fourth-order valence-corrected chi connectivity index (χ4v) is 15.7. The minimum Gasteiger partial charge on any atom is -0.394 e. The molecule has 0 saturated carbocycles. The Bertz CT molecular complexity index is 1960. The summed E-state index contributed by atoms with van der Waals surface area (Å²) in [4.78, 5) is 13.5. The highest BCUT2D eigenvalue weighted by Gasteiger charge is 2.54. The highest BCUT2D eigenvalue weighted by Crippen LogP contribution is 2.34. The molecule has 0 aromatic heterocycles. The molecule has 12 N–H and O–H groups in total. The third-order valence-corrected chi connectivity index (χ3v) is 22.8. The maximum Gasteiger partial charge on any atom is 0.220 e. The van der Waals surface area contributed by atoms with Crippen molar-refractivity contribution in [1.82, 2.24) is 5.32 Å². The van der Waals surface area contributed by atoms with Crippen molar-refractivity contribution in [3.8, 4) is 0 Å². The van der Waals surface area contributed by atoms with Gasteiger partial charge in [0.2, 0.25) is 5.91 Å². The van der Waals surface area contributed by atoms with E-state index in [1.165, 1.54) is 327 Å². The molecule has 3 aliphatic rings. The number of hydrogen-bond donors (Lipinski definition) is 12. The molecule has 628 valence electrons. The Morgan fingerprint density at radius 3 is 0.915 bits per heavy atom. The molecule has 19 nitrogen and oxygen atoms in total. The minimum absolute atomic E-state index is 0.232. The first-order chi connectivity index (χ1) is 51.8. The van der Waals surface area contributed by atoms with Crippen molar-refractivity contribution in [2.45, 2.75) is 510 Å². The second kappa shape index (κ2) is 68.0. The number of amides is 1. The van der Waals surface area contributed by atoms with Gasteiger partial charge in [-0.15, -0.1) is 0 Å². The summed E-state index contributed by atoms with van der Waals surface area (Å²) in [7, 11) is 0. The van der Waals surface area contributed by atoms with Crippen molar-refractivity contribution in [3.05, 3.63) is 12.2 Å². The SMILES string of the molecule is CCCCCCCCCC/C=C\CCCCCCCCCCCCCCCCCCCCCCCCCCCC(=O)NC(COC1OC(CO)C(OC2OC(CO)C(OC3OC(CO)C(O)C(O)C3O)C(O)C2O)C(O)C1O)C(O)CCCCCCCCCCCCCCCCCCCCCCCCCC. The highest BCUT2D eigenvalue weighted by molar-refractivity contribution is 5.76.